The summed E-state index contributed by atoms with van der Waals surface area (Å²) in [6.07, 6.45) is -3.06. The third kappa shape index (κ3) is 6.07. The molecule has 1 aliphatic heterocycles. The summed E-state index contributed by atoms with van der Waals surface area (Å²) in [6, 6.07) is 4.97. The highest BCUT2D eigenvalue weighted by atomic mass is 19.4. The maximum atomic E-state index is 15.4. The minimum atomic E-state index is -4.80. The van der Waals surface area contributed by atoms with Crippen molar-refractivity contribution in [1.82, 2.24) is 0 Å². The van der Waals surface area contributed by atoms with Crippen molar-refractivity contribution in [1.29, 1.82) is 0 Å². The molecule has 1 saturated heterocycles. The molecular weight excluding hydrogens is 391 g/mol. The van der Waals surface area contributed by atoms with Gasteiger partial charge in [0.1, 0.15) is 11.5 Å². The van der Waals surface area contributed by atoms with Gasteiger partial charge in [-0.3, -0.25) is 0 Å². The maximum absolute atomic E-state index is 15.4. The van der Waals surface area contributed by atoms with Crippen LogP contribution in [0.5, 0.6) is 5.75 Å². The summed E-state index contributed by atoms with van der Waals surface area (Å²) in [7, 11) is -1.22. The molecule has 0 saturated carbocycles. The Bertz CT molecular complexity index is 726. The first-order valence-corrected chi connectivity index (χ1v) is 9.15. The largest absolute Gasteiger partial charge is 0.573 e. The maximum Gasteiger partial charge on any atom is 0.573 e. The minimum Gasteiger partial charge on any atom is -0.406 e. The third-order valence-corrected chi connectivity index (χ3v) is 4.92. The summed E-state index contributed by atoms with van der Waals surface area (Å²) in [5, 5.41) is 0. The van der Waals surface area contributed by atoms with Gasteiger partial charge in [-0.2, -0.15) is 0 Å². The summed E-state index contributed by atoms with van der Waals surface area (Å²) in [4.78, 5) is 0. The normalized spacial score (nSPS) is 19.1. The van der Waals surface area contributed by atoms with Crippen LogP contribution >= 0.6 is 0 Å². The molecule has 0 amide bonds. The van der Waals surface area contributed by atoms with E-state index in [2.05, 4.69) is 11.3 Å². The first-order valence-electron chi connectivity index (χ1n) is 9.15. The smallest absolute Gasteiger partial charge is 0.406 e. The predicted molar refractivity (Wildman–Crippen MR) is 103 cm³/mol. The Hall–Kier alpha value is -1.84. The van der Waals surface area contributed by atoms with Gasteiger partial charge in [0, 0.05) is 0 Å². The van der Waals surface area contributed by atoms with Crippen LogP contribution in [0.2, 0.25) is 0 Å². The van der Waals surface area contributed by atoms with Crippen LogP contribution in [-0.2, 0) is 14.0 Å². The van der Waals surface area contributed by atoms with Gasteiger partial charge in [-0.05, 0) is 57.4 Å². The van der Waals surface area contributed by atoms with Crippen LogP contribution in [-0.4, -0.2) is 37.9 Å². The van der Waals surface area contributed by atoms with Gasteiger partial charge in [-0.15, -0.1) is 19.8 Å². The molecule has 0 unspecified atom stereocenters. The highest BCUT2D eigenvalue weighted by Crippen LogP contribution is 2.40. The average molecular weight is 416 g/mol. The molecule has 0 bridgehead atoms. The first kappa shape index (κ1) is 23.4. The molecule has 1 aromatic rings. The van der Waals surface area contributed by atoms with Crippen molar-refractivity contribution in [2.75, 3.05) is 13.2 Å². The lowest BCUT2D eigenvalue weighted by atomic mass is 9.82. The number of benzene rings is 1. The van der Waals surface area contributed by atoms with E-state index in [4.69, 9.17) is 14.0 Å². The molecule has 0 aromatic heterocycles. The molecular formula is C20H25BF4O4. The molecule has 0 spiro atoms. The van der Waals surface area contributed by atoms with E-state index in [9.17, 15) is 13.2 Å². The van der Waals surface area contributed by atoms with E-state index >= 15 is 4.39 Å². The third-order valence-electron chi connectivity index (χ3n) is 4.92. The van der Waals surface area contributed by atoms with Gasteiger partial charge in [0.15, 0.2) is 0 Å². The molecule has 0 N–H and O–H groups in total. The highest BCUT2D eigenvalue weighted by Gasteiger charge is 2.53. The lowest BCUT2D eigenvalue weighted by molar-refractivity contribution is -0.274. The van der Waals surface area contributed by atoms with Crippen molar-refractivity contribution in [3.05, 3.63) is 48.2 Å². The Morgan fingerprint density at radius 2 is 1.66 bits per heavy atom. The van der Waals surface area contributed by atoms with E-state index < -0.39 is 30.4 Å². The number of ether oxygens (including phenoxy) is 2. The Labute approximate surface area is 168 Å². The summed E-state index contributed by atoms with van der Waals surface area (Å²) >= 11 is 0. The fraction of sp³-hybridized carbons (Fsp3) is 0.500. The van der Waals surface area contributed by atoms with Gasteiger partial charge in [-0.1, -0.05) is 18.2 Å². The lowest BCUT2D eigenvalue weighted by Gasteiger charge is -2.32. The first-order chi connectivity index (χ1) is 13.4. The van der Waals surface area contributed by atoms with Crippen LogP contribution in [0, 0.1) is 0 Å². The molecule has 9 heteroatoms. The van der Waals surface area contributed by atoms with Crippen LogP contribution < -0.4 is 4.74 Å². The molecule has 0 atom stereocenters. The second kappa shape index (κ2) is 8.89. The minimum absolute atomic E-state index is 0.170. The van der Waals surface area contributed by atoms with Crippen LogP contribution in [0.4, 0.5) is 17.6 Å². The number of hydrogen-bond acceptors (Lipinski definition) is 4. The van der Waals surface area contributed by atoms with Crippen molar-refractivity contribution in [3.63, 3.8) is 0 Å². The van der Waals surface area contributed by atoms with Crippen LogP contribution in [0.3, 0.4) is 0 Å². The van der Waals surface area contributed by atoms with Crippen molar-refractivity contribution in [3.8, 4) is 5.75 Å². The van der Waals surface area contributed by atoms with E-state index in [0.29, 0.717) is 12.2 Å². The summed E-state index contributed by atoms with van der Waals surface area (Å²) in [5.41, 5.74) is -1.50. The van der Waals surface area contributed by atoms with E-state index in [-0.39, 0.29) is 24.4 Å². The van der Waals surface area contributed by atoms with Crippen molar-refractivity contribution in [2.24, 2.45) is 0 Å². The number of halogens is 4. The summed E-state index contributed by atoms with van der Waals surface area (Å²) in [5.74, 6) is -0.389. The SMILES string of the molecule is C=CCOCCC(=C(F)B1OC(C)(C)C(C)(C)O1)c1ccc(OC(F)(F)F)cc1. The van der Waals surface area contributed by atoms with Gasteiger partial charge < -0.3 is 18.8 Å². The highest BCUT2D eigenvalue weighted by molar-refractivity contribution is 6.55. The molecule has 29 heavy (non-hydrogen) atoms. The molecule has 1 fully saturated rings. The van der Waals surface area contributed by atoms with Crippen LogP contribution in [0.15, 0.2) is 42.6 Å². The monoisotopic (exact) mass is 416 g/mol. The molecule has 1 aromatic carbocycles. The average Bonchev–Trinajstić information content (AvgIpc) is 2.82. The molecule has 2 rings (SSSR count). The van der Waals surface area contributed by atoms with E-state index in [1.54, 1.807) is 33.8 Å². The van der Waals surface area contributed by atoms with Gasteiger partial charge in [-0.25, -0.2) is 4.39 Å². The predicted octanol–water partition coefficient (Wildman–Crippen LogP) is 5.49. The molecule has 160 valence electrons. The van der Waals surface area contributed by atoms with Gasteiger partial charge in [0.25, 0.3) is 0 Å². The lowest BCUT2D eigenvalue weighted by Crippen LogP contribution is -2.41. The summed E-state index contributed by atoms with van der Waals surface area (Å²) < 4.78 is 73.2. The number of rotatable bonds is 8. The van der Waals surface area contributed by atoms with E-state index in [1.807, 2.05) is 0 Å². The molecule has 0 aliphatic carbocycles. The van der Waals surface area contributed by atoms with E-state index in [0.717, 1.165) is 12.1 Å². The Morgan fingerprint density at radius 1 is 1.10 bits per heavy atom. The topological polar surface area (TPSA) is 36.9 Å². The van der Waals surface area contributed by atoms with Crippen LogP contribution in [0.1, 0.15) is 39.7 Å². The molecule has 4 nitrogen and oxygen atoms in total. The zero-order valence-electron chi connectivity index (χ0n) is 16.9. The van der Waals surface area contributed by atoms with Crippen molar-refractivity contribution in [2.45, 2.75) is 51.7 Å². The number of alkyl halides is 3. The molecule has 1 heterocycles. The standard InChI is InChI=1S/C20H25BF4O4/c1-6-12-26-13-11-16(14-7-9-15(10-8-14)27-20(23,24)25)17(22)21-28-18(2,3)19(4,5)29-21/h6-10H,1,11-13H2,2-5H3. The molecule has 1 aliphatic rings. The van der Waals surface area contributed by atoms with Gasteiger partial charge in [0.2, 0.25) is 0 Å². The van der Waals surface area contributed by atoms with Crippen molar-refractivity contribution >= 4 is 12.7 Å². The van der Waals surface area contributed by atoms with E-state index in [1.165, 1.54) is 12.1 Å². The fourth-order valence-electron chi connectivity index (χ4n) is 2.69. The fourth-order valence-corrected chi connectivity index (χ4v) is 2.69. The number of hydrogen-bond donors (Lipinski definition) is 0. The Kier molecular flexibility index (Phi) is 7.19. The van der Waals surface area contributed by atoms with Crippen LogP contribution in [0.25, 0.3) is 5.57 Å². The summed E-state index contributed by atoms with van der Waals surface area (Å²) in [6.45, 7) is 11.2. The second-order valence-electron chi connectivity index (χ2n) is 7.60. The van der Waals surface area contributed by atoms with Gasteiger partial charge >= 0.3 is 13.5 Å². The second-order valence-corrected chi connectivity index (χ2v) is 7.60. The Morgan fingerprint density at radius 3 is 2.14 bits per heavy atom. The zero-order chi connectivity index (χ0) is 21.9. The Balaban J connectivity index is 2.31. The molecule has 0 radical (unpaired) electrons. The quantitative estimate of drug-likeness (QED) is 0.243. The van der Waals surface area contributed by atoms with Gasteiger partial charge in [0.05, 0.1) is 24.4 Å². The van der Waals surface area contributed by atoms with Crippen molar-refractivity contribution < 1.29 is 36.3 Å². The zero-order valence-corrected chi connectivity index (χ0v) is 16.9.